The monoisotopic (exact) mass is 368 g/mol. The summed E-state index contributed by atoms with van der Waals surface area (Å²) in [6.07, 6.45) is 2.76. The molecule has 3 rings (SSSR count). The first-order valence-electron chi connectivity index (χ1n) is 9.47. The van der Waals surface area contributed by atoms with Crippen molar-refractivity contribution in [2.45, 2.75) is 19.4 Å². The molecule has 1 aliphatic rings. The van der Waals surface area contributed by atoms with Crippen molar-refractivity contribution >= 4 is 6.03 Å². The summed E-state index contributed by atoms with van der Waals surface area (Å²) in [6.45, 7) is 6.29. The molecule has 1 aliphatic heterocycles. The van der Waals surface area contributed by atoms with Crippen molar-refractivity contribution < 1.29 is 9.53 Å². The number of rotatable bonds is 6. The van der Waals surface area contributed by atoms with Crippen molar-refractivity contribution in [2.24, 2.45) is 0 Å². The first-order valence-corrected chi connectivity index (χ1v) is 9.47. The number of carbonyl (C=O) groups excluding carboxylic acids is 1. The van der Waals surface area contributed by atoms with Crippen molar-refractivity contribution in [3.8, 4) is 5.75 Å². The molecular formula is C21H28N4O2. The maximum absolute atomic E-state index is 12.5. The van der Waals surface area contributed by atoms with Crippen LogP contribution in [0.25, 0.3) is 0 Å². The summed E-state index contributed by atoms with van der Waals surface area (Å²) in [7, 11) is 1.68. The second-order valence-electron chi connectivity index (χ2n) is 6.85. The number of pyridine rings is 1. The van der Waals surface area contributed by atoms with Gasteiger partial charge in [0.1, 0.15) is 5.75 Å². The van der Waals surface area contributed by atoms with E-state index >= 15 is 0 Å². The van der Waals surface area contributed by atoms with Gasteiger partial charge in [-0.2, -0.15) is 0 Å². The van der Waals surface area contributed by atoms with E-state index in [0.29, 0.717) is 0 Å². The van der Waals surface area contributed by atoms with Gasteiger partial charge >= 0.3 is 6.03 Å². The highest BCUT2D eigenvalue weighted by Crippen LogP contribution is 2.13. The first kappa shape index (κ1) is 19.2. The zero-order valence-corrected chi connectivity index (χ0v) is 16.1. The standard InChI is InChI=1S/C21H28N4O2/c1-17(20-5-3-4-11-22-20)23-21(26)25-15-13-24(14-16-25)12-10-18-6-8-19(27-2)9-7-18/h3-9,11,17H,10,12-16H2,1-2H3,(H,23,26). The van der Waals surface area contributed by atoms with Gasteiger partial charge in [-0.05, 0) is 43.2 Å². The van der Waals surface area contributed by atoms with Crippen molar-refractivity contribution in [3.63, 3.8) is 0 Å². The van der Waals surface area contributed by atoms with Crippen molar-refractivity contribution in [3.05, 3.63) is 59.9 Å². The smallest absolute Gasteiger partial charge is 0.318 e. The van der Waals surface area contributed by atoms with E-state index < -0.39 is 0 Å². The lowest BCUT2D eigenvalue weighted by Gasteiger charge is -2.35. The number of nitrogens with one attached hydrogen (secondary N) is 1. The highest BCUT2D eigenvalue weighted by Gasteiger charge is 2.22. The molecule has 6 nitrogen and oxygen atoms in total. The lowest BCUT2D eigenvalue weighted by molar-refractivity contribution is 0.138. The molecule has 2 amide bonds. The third-order valence-electron chi connectivity index (χ3n) is 5.01. The van der Waals surface area contributed by atoms with Gasteiger partial charge < -0.3 is 15.0 Å². The zero-order chi connectivity index (χ0) is 19.1. The van der Waals surface area contributed by atoms with Gasteiger partial charge in [0.25, 0.3) is 0 Å². The second kappa shape index (κ2) is 9.37. The summed E-state index contributed by atoms with van der Waals surface area (Å²) in [4.78, 5) is 21.1. The molecule has 1 saturated heterocycles. The van der Waals surface area contributed by atoms with Crippen LogP contribution in [-0.2, 0) is 6.42 Å². The molecule has 0 spiro atoms. The number of benzene rings is 1. The normalized spacial score (nSPS) is 16.0. The predicted octanol–water partition coefficient (Wildman–Crippen LogP) is 2.72. The Bertz CT molecular complexity index is 713. The van der Waals surface area contributed by atoms with Crippen LogP contribution in [0.2, 0.25) is 0 Å². The Balaban J connectivity index is 1.40. The van der Waals surface area contributed by atoms with Crippen LogP contribution < -0.4 is 10.1 Å². The molecule has 0 radical (unpaired) electrons. The van der Waals surface area contributed by atoms with Gasteiger partial charge in [0.05, 0.1) is 18.8 Å². The Hall–Kier alpha value is -2.60. The Morgan fingerprint density at radius 1 is 1.15 bits per heavy atom. The van der Waals surface area contributed by atoms with Crippen LogP contribution in [0, 0.1) is 0 Å². The molecule has 1 unspecified atom stereocenters. The maximum Gasteiger partial charge on any atom is 0.318 e. The minimum atomic E-state index is -0.0909. The average Bonchev–Trinajstić information content (AvgIpc) is 2.73. The minimum Gasteiger partial charge on any atom is -0.497 e. The zero-order valence-electron chi connectivity index (χ0n) is 16.1. The Morgan fingerprint density at radius 2 is 1.89 bits per heavy atom. The number of methoxy groups -OCH3 is 1. The topological polar surface area (TPSA) is 57.7 Å². The van der Waals surface area contributed by atoms with E-state index in [1.807, 2.05) is 42.2 Å². The molecule has 1 N–H and O–H groups in total. The third kappa shape index (κ3) is 5.44. The van der Waals surface area contributed by atoms with Gasteiger partial charge in [-0.25, -0.2) is 4.79 Å². The van der Waals surface area contributed by atoms with Crippen LogP contribution in [0.1, 0.15) is 24.2 Å². The van der Waals surface area contributed by atoms with Gasteiger partial charge in [-0.15, -0.1) is 0 Å². The summed E-state index contributed by atoms with van der Waals surface area (Å²) < 4.78 is 5.20. The van der Waals surface area contributed by atoms with Crippen molar-refractivity contribution in [1.29, 1.82) is 0 Å². The molecule has 144 valence electrons. The van der Waals surface area contributed by atoms with E-state index in [1.54, 1.807) is 13.3 Å². The highest BCUT2D eigenvalue weighted by atomic mass is 16.5. The van der Waals surface area contributed by atoms with Crippen molar-refractivity contribution in [1.82, 2.24) is 20.1 Å². The van der Waals surface area contributed by atoms with Crippen LogP contribution in [0.3, 0.4) is 0 Å². The number of aromatic nitrogens is 1. The van der Waals surface area contributed by atoms with Gasteiger partial charge in [0, 0.05) is 38.9 Å². The molecule has 1 aromatic carbocycles. The van der Waals surface area contributed by atoms with Crippen LogP contribution in [0.5, 0.6) is 5.75 Å². The van der Waals surface area contributed by atoms with E-state index in [9.17, 15) is 4.79 Å². The summed E-state index contributed by atoms with van der Waals surface area (Å²) in [5, 5.41) is 3.04. The number of ether oxygens (including phenoxy) is 1. The fraction of sp³-hybridized carbons (Fsp3) is 0.429. The van der Waals surface area contributed by atoms with Crippen LogP contribution in [0.15, 0.2) is 48.7 Å². The summed E-state index contributed by atoms with van der Waals surface area (Å²) in [6, 6.07) is 13.9. The quantitative estimate of drug-likeness (QED) is 0.852. The van der Waals surface area contributed by atoms with E-state index in [1.165, 1.54) is 5.56 Å². The molecule has 0 aliphatic carbocycles. The molecule has 6 heteroatoms. The number of urea groups is 1. The molecule has 1 atom stereocenters. The number of hydrogen-bond donors (Lipinski definition) is 1. The minimum absolute atomic E-state index is 0.0112. The lowest BCUT2D eigenvalue weighted by atomic mass is 10.1. The second-order valence-corrected chi connectivity index (χ2v) is 6.85. The Kier molecular flexibility index (Phi) is 6.65. The van der Waals surface area contributed by atoms with Crippen LogP contribution >= 0.6 is 0 Å². The number of nitrogens with zero attached hydrogens (tertiary/aromatic N) is 3. The Labute approximate surface area is 161 Å². The number of piperazine rings is 1. The molecule has 2 heterocycles. The molecule has 2 aromatic rings. The van der Waals surface area contributed by atoms with E-state index in [4.69, 9.17) is 4.74 Å². The molecule has 0 bridgehead atoms. The van der Waals surface area contributed by atoms with Crippen LogP contribution in [-0.4, -0.2) is 60.6 Å². The lowest BCUT2D eigenvalue weighted by Crippen LogP contribution is -2.52. The largest absolute Gasteiger partial charge is 0.497 e. The van der Waals surface area contributed by atoms with Crippen molar-refractivity contribution in [2.75, 3.05) is 39.8 Å². The third-order valence-corrected chi connectivity index (χ3v) is 5.01. The van der Waals surface area contributed by atoms with E-state index in [0.717, 1.165) is 50.6 Å². The highest BCUT2D eigenvalue weighted by molar-refractivity contribution is 5.74. The summed E-state index contributed by atoms with van der Waals surface area (Å²) in [5.41, 5.74) is 2.18. The Morgan fingerprint density at radius 3 is 2.52 bits per heavy atom. The van der Waals surface area contributed by atoms with Gasteiger partial charge in [0.2, 0.25) is 0 Å². The molecule has 0 saturated carbocycles. The SMILES string of the molecule is COc1ccc(CCN2CCN(C(=O)NC(C)c3ccccn3)CC2)cc1. The van der Waals surface area contributed by atoms with Crippen LogP contribution in [0.4, 0.5) is 4.79 Å². The maximum atomic E-state index is 12.5. The predicted molar refractivity (Wildman–Crippen MR) is 106 cm³/mol. The number of hydrogen-bond acceptors (Lipinski definition) is 4. The molecule has 27 heavy (non-hydrogen) atoms. The molecule has 1 fully saturated rings. The number of amides is 2. The average molecular weight is 368 g/mol. The van der Waals surface area contributed by atoms with Gasteiger partial charge in [-0.1, -0.05) is 18.2 Å². The summed E-state index contributed by atoms with van der Waals surface area (Å²) >= 11 is 0. The number of carbonyl (C=O) groups is 1. The van der Waals surface area contributed by atoms with Gasteiger partial charge in [-0.3, -0.25) is 9.88 Å². The van der Waals surface area contributed by atoms with Gasteiger partial charge in [0.15, 0.2) is 0 Å². The molecule has 1 aromatic heterocycles. The first-order chi connectivity index (χ1) is 13.2. The fourth-order valence-corrected chi connectivity index (χ4v) is 3.24. The summed E-state index contributed by atoms with van der Waals surface area (Å²) in [5.74, 6) is 0.887. The van der Waals surface area contributed by atoms with E-state index in [-0.39, 0.29) is 12.1 Å². The van der Waals surface area contributed by atoms with E-state index in [2.05, 4.69) is 27.3 Å². The molecular weight excluding hydrogens is 340 g/mol. The fourth-order valence-electron chi connectivity index (χ4n) is 3.24.